The average molecular weight is 534 g/mol. The first-order chi connectivity index (χ1) is 15.6. The maximum Gasteiger partial charge on any atom is 0.262 e. The van der Waals surface area contributed by atoms with Crippen molar-refractivity contribution in [1.82, 2.24) is 0 Å². The van der Waals surface area contributed by atoms with Crippen molar-refractivity contribution < 1.29 is 27.1 Å². The zero-order valence-corrected chi connectivity index (χ0v) is 20.2. The molecular weight excluding hydrogens is 518 g/mol. The van der Waals surface area contributed by atoms with Crippen LogP contribution < -0.4 is 19.5 Å². The summed E-state index contributed by atoms with van der Waals surface area (Å²) in [6.07, 6.45) is 0. The first-order valence-corrected chi connectivity index (χ1v) is 11.7. The van der Waals surface area contributed by atoms with Gasteiger partial charge >= 0.3 is 0 Å². The van der Waals surface area contributed by atoms with Gasteiger partial charge in [-0.05, 0) is 36.4 Å². The molecule has 0 aromatic heterocycles. The Balaban J connectivity index is 1.86. The molecule has 0 saturated carbocycles. The molecule has 0 spiro atoms. The second-order valence-electron chi connectivity index (χ2n) is 6.51. The molecule has 0 heterocycles. The van der Waals surface area contributed by atoms with E-state index in [9.17, 15) is 17.6 Å². The van der Waals surface area contributed by atoms with Gasteiger partial charge in [-0.3, -0.25) is 9.52 Å². The van der Waals surface area contributed by atoms with Crippen molar-refractivity contribution in [2.75, 3.05) is 24.3 Å². The lowest BCUT2D eigenvalue weighted by molar-refractivity contribution is 0.102. The van der Waals surface area contributed by atoms with E-state index in [1.54, 1.807) is 0 Å². The second kappa shape index (κ2) is 10.0. The number of nitrogens with one attached hydrogen (secondary N) is 2. The fraction of sp³-hybridized carbons (Fsp3) is 0.0952. The first-order valence-electron chi connectivity index (χ1n) is 9.06. The van der Waals surface area contributed by atoms with Gasteiger partial charge in [-0.25, -0.2) is 12.8 Å². The van der Waals surface area contributed by atoms with Crippen molar-refractivity contribution in [2.24, 2.45) is 0 Å². The maximum absolute atomic E-state index is 14.7. The van der Waals surface area contributed by atoms with Gasteiger partial charge in [-0.1, -0.05) is 34.8 Å². The van der Waals surface area contributed by atoms with E-state index >= 15 is 0 Å². The number of halogens is 4. The highest BCUT2D eigenvalue weighted by Gasteiger charge is 2.21. The monoisotopic (exact) mass is 532 g/mol. The minimum atomic E-state index is -4.23. The van der Waals surface area contributed by atoms with E-state index in [0.717, 1.165) is 18.2 Å². The molecule has 0 radical (unpaired) electrons. The molecular formula is C21H16Cl3FN2O5S. The maximum atomic E-state index is 14.7. The third-order valence-electron chi connectivity index (χ3n) is 4.39. The van der Waals surface area contributed by atoms with Gasteiger partial charge in [0, 0.05) is 17.2 Å². The number of methoxy groups -OCH3 is 2. The molecule has 0 aliphatic carbocycles. The lowest BCUT2D eigenvalue weighted by Gasteiger charge is -2.15. The summed E-state index contributed by atoms with van der Waals surface area (Å²) in [6.45, 7) is 0. The fourth-order valence-corrected chi connectivity index (χ4v) is 4.57. The number of sulfonamides is 1. The minimum absolute atomic E-state index is 0.0360. The third kappa shape index (κ3) is 5.62. The Bertz CT molecular complexity index is 1340. The van der Waals surface area contributed by atoms with Crippen molar-refractivity contribution in [3.8, 4) is 11.5 Å². The number of amides is 1. The number of ether oxygens (including phenoxy) is 2. The quantitative estimate of drug-likeness (QED) is 0.397. The molecule has 0 aliphatic heterocycles. The second-order valence-corrected chi connectivity index (χ2v) is 9.45. The number of anilines is 2. The van der Waals surface area contributed by atoms with Crippen LogP contribution in [0.15, 0.2) is 53.4 Å². The van der Waals surface area contributed by atoms with Gasteiger partial charge in [0.25, 0.3) is 15.9 Å². The van der Waals surface area contributed by atoms with E-state index in [1.807, 2.05) is 0 Å². The molecule has 0 bridgehead atoms. The van der Waals surface area contributed by atoms with Crippen LogP contribution in [-0.2, 0) is 10.0 Å². The number of benzene rings is 3. The standard InChI is InChI=1S/C21H16Cl3FN2O5S/c1-31-19-10-18(20(32-2)9-15(19)24)27-33(29,30)12-4-6-17(16(25)8-12)26-21(28)13-5-3-11(22)7-14(13)23/h3-10,27H,1-2H3,(H,26,28). The molecule has 7 nitrogen and oxygen atoms in total. The van der Waals surface area contributed by atoms with Crippen LogP contribution in [0.25, 0.3) is 0 Å². The predicted octanol–water partition coefficient (Wildman–Crippen LogP) is 5.86. The van der Waals surface area contributed by atoms with Gasteiger partial charge in [0.15, 0.2) is 0 Å². The van der Waals surface area contributed by atoms with Gasteiger partial charge in [0.2, 0.25) is 0 Å². The highest BCUT2D eigenvalue weighted by atomic mass is 35.5. The number of hydrogen-bond acceptors (Lipinski definition) is 5. The van der Waals surface area contributed by atoms with Gasteiger partial charge < -0.3 is 14.8 Å². The van der Waals surface area contributed by atoms with Crippen molar-refractivity contribution in [1.29, 1.82) is 0 Å². The van der Waals surface area contributed by atoms with Crippen molar-refractivity contribution in [3.63, 3.8) is 0 Å². The summed E-state index contributed by atoms with van der Waals surface area (Å²) >= 11 is 17.8. The van der Waals surface area contributed by atoms with E-state index in [-0.39, 0.29) is 38.5 Å². The number of hydrogen-bond donors (Lipinski definition) is 2. The lowest BCUT2D eigenvalue weighted by atomic mass is 10.2. The molecule has 33 heavy (non-hydrogen) atoms. The molecule has 174 valence electrons. The van der Waals surface area contributed by atoms with Crippen molar-refractivity contribution in [2.45, 2.75) is 4.90 Å². The smallest absolute Gasteiger partial charge is 0.262 e. The Morgan fingerprint density at radius 3 is 2.18 bits per heavy atom. The Labute approximate surface area is 204 Å². The van der Waals surface area contributed by atoms with E-state index in [2.05, 4.69) is 10.0 Å². The molecule has 12 heteroatoms. The van der Waals surface area contributed by atoms with E-state index in [4.69, 9.17) is 44.3 Å². The Kier molecular flexibility index (Phi) is 7.58. The van der Waals surface area contributed by atoms with Gasteiger partial charge in [-0.15, -0.1) is 0 Å². The summed E-state index contributed by atoms with van der Waals surface area (Å²) in [5, 5.41) is 2.97. The number of rotatable bonds is 7. The normalized spacial score (nSPS) is 11.1. The molecule has 0 fully saturated rings. The van der Waals surface area contributed by atoms with Crippen molar-refractivity contribution in [3.05, 3.63) is 75.0 Å². The highest BCUT2D eigenvalue weighted by Crippen LogP contribution is 2.37. The fourth-order valence-electron chi connectivity index (χ4n) is 2.77. The van der Waals surface area contributed by atoms with Crippen LogP contribution in [-0.4, -0.2) is 28.5 Å². The summed E-state index contributed by atoms with van der Waals surface area (Å²) in [4.78, 5) is 12.0. The molecule has 1 amide bonds. The van der Waals surface area contributed by atoms with Crippen LogP contribution in [0.4, 0.5) is 15.8 Å². The largest absolute Gasteiger partial charge is 0.495 e. The lowest BCUT2D eigenvalue weighted by Crippen LogP contribution is -2.16. The summed E-state index contributed by atoms with van der Waals surface area (Å²) < 4.78 is 52.8. The summed E-state index contributed by atoms with van der Waals surface area (Å²) in [7, 11) is -1.53. The molecule has 0 atom stereocenters. The van der Waals surface area contributed by atoms with Crippen LogP contribution in [0.2, 0.25) is 15.1 Å². The number of carbonyl (C=O) groups excluding carboxylic acids is 1. The average Bonchev–Trinajstić information content (AvgIpc) is 2.75. The van der Waals surface area contributed by atoms with E-state index in [1.165, 1.54) is 44.6 Å². The van der Waals surface area contributed by atoms with Crippen molar-refractivity contribution >= 4 is 62.1 Å². The van der Waals surface area contributed by atoms with Crippen LogP contribution in [0.1, 0.15) is 10.4 Å². The summed E-state index contributed by atoms with van der Waals surface area (Å²) in [6, 6.07) is 9.93. The Morgan fingerprint density at radius 2 is 1.58 bits per heavy atom. The molecule has 3 rings (SSSR count). The highest BCUT2D eigenvalue weighted by molar-refractivity contribution is 7.92. The minimum Gasteiger partial charge on any atom is -0.495 e. The molecule has 3 aromatic rings. The molecule has 0 unspecified atom stereocenters. The zero-order valence-electron chi connectivity index (χ0n) is 17.1. The van der Waals surface area contributed by atoms with Crippen LogP contribution in [0.3, 0.4) is 0 Å². The summed E-state index contributed by atoms with van der Waals surface area (Å²) in [5.74, 6) is -1.33. The Hall–Kier alpha value is -2.72. The summed E-state index contributed by atoms with van der Waals surface area (Å²) in [5.41, 5.74) is -0.132. The SMILES string of the molecule is COc1cc(NS(=O)(=O)c2ccc(NC(=O)c3ccc(Cl)cc3Cl)c(F)c2)c(OC)cc1Cl. The first kappa shape index (κ1) is 24.9. The van der Waals surface area contributed by atoms with Gasteiger partial charge in [-0.2, -0.15) is 0 Å². The van der Waals surface area contributed by atoms with Gasteiger partial charge in [0.05, 0.1) is 46.1 Å². The van der Waals surface area contributed by atoms with E-state index < -0.39 is 26.6 Å². The molecule has 2 N–H and O–H groups in total. The molecule has 0 saturated heterocycles. The number of carbonyl (C=O) groups is 1. The topological polar surface area (TPSA) is 93.7 Å². The van der Waals surface area contributed by atoms with E-state index in [0.29, 0.717) is 5.02 Å². The predicted molar refractivity (Wildman–Crippen MR) is 126 cm³/mol. The van der Waals surface area contributed by atoms with Crippen LogP contribution in [0, 0.1) is 5.82 Å². The van der Waals surface area contributed by atoms with Crippen LogP contribution >= 0.6 is 34.8 Å². The zero-order chi connectivity index (χ0) is 24.3. The Morgan fingerprint density at radius 1 is 0.879 bits per heavy atom. The molecule has 0 aliphatic rings. The van der Waals surface area contributed by atoms with Crippen LogP contribution in [0.5, 0.6) is 11.5 Å². The molecule has 3 aromatic carbocycles. The third-order valence-corrected chi connectivity index (χ3v) is 6.60. The van der Waals surface area contributed by atoms with Gasteiger partial charge in [0.1, 0.15) is 17.3 Å².